The molecule has 0 amide bonds. The second-order valence-electron chi connectivity index (χ2n) is 4.29. The fraction of sp³-hybridized carbons (Fsp3) is 0.571. The molecular weight excluding hydrogens is 200 g/mol. The molecule has 0 bridgehead atoms. The molecule has 0 saturated carbocycles. The van der Waals surface area contributed by atoms with Gasteiger partial charge in [0.25, 0.3) is 0 Å². The molecule has 0 radical (unpaired) electrons. The molecule has 0 aromatic heterocycles. The molecule has 90 valence electrons. The molecule has 0 N–H and O–H groups in total. The lowest BCUT2D eigenvalue weighted by atomic mass is 9.96. The maximum atomic E-state index is 5.38. The molecule has 2 nitrogen and oxygen atoms in total. The van der Waals surface area contributed by atoms with Crippen molar-refractivity contribution in [2.45, 2.75) is 38.9 Å². The topological polar surface area (TPSA) is 18.5 Å². The third kappa shape index (κ3) is 2.63. The second-order valence-corrected chi connectivity index (χ2v) is 4.29. The molecule has 0 heterocycles. The summed E-state index contributed by atoms with van der Waals surface area (Å²) in [7, 11) is 3.32. The van der Waals surface area contributed by atoms with Crippen LogP contribution in [0.4, 0.5) is 0 Å². The Bertz CT molecular complexity index is 312. The van der Waals surface area contributed by atoms with Crippen molar-refractivity contribution in [3.8, 4) is 0 Å². The first-order valence-corrected chi connectivity index (χ1v) is 5.78. The van der Waals surface area contributed by atoms with Crippen LogP contribution in [-0.4, -0.2) is 14.2 Å². The first-order valence-electron chi connectivity index (χ1n) is 5.78. The van der Waals surface area contributed by atoms with Crippen molar-refractivity contribution in [3.05, 3.63) is 35.4 Å². The van der Waals surface area contributed by atoms with E-state index in [1.165, 1.54) is 5.56 Å². The third-order valence-electron chi connectivity index (χ3n) is 3.40. The van der Waals surface area contributed by atoms with Crippen LogP contribution >= 0.6 is 0 Å². The second kappa shape index (κ2) is 5.46. The van der Waals surface area contributed by atoms with Crippen molar-refractivity contribution in [2.24, 2.45) is 0 Å². The summed E-state index contributed by atoms with van der Waals surface area (Å²) in [5, 5.41) is 0. The lowest BCUT2D eigenvalue weighted by molar-refractivity contribution is -0.201. The number of rotatable bonds is 5. The van der Waals surface area contributed by atoms with E-state index in [2.05, 4.69) is 38.1 Å². The number of ether oxygens (including phenoxy) is 2. The van der Waals surface area contributed by atoms with Gasteiger partial charge in [-0.1, -0.05) is 38.1 Å². The summed E-state index contributed by atoms with van der Waals surface area (Å²) in [6.07, 6.45) is 1.16. The highest BCUT2D eigenvalue weighted by molar-refractivity contribution is 5.27. The molecule has 0 fully saturated rings. The summed E-state index contributed by atoms with van der Waals surface area (Å²) in [5.41, 5.74) is 2.41. The molecular formula is C14H22O2. The average Bonchev–Trinajstić information content (AvgIpc) is 2.37. The molecule has 0 saturated heterocycles. The van der Waals surface area contributed by atoms with Gasteiger partial charge in [0.1, 0.15) is 0 Å². The fourth-order valence-electron chi connectivity index (χ4n) is 1.67. The summed E-state index contributed by atoms with van der Waals surface area (Å²) in [4.78, 5) is 0. The first kappa shape index (κ1) is 13.2. The van der Waals surface area contributed by atoms with Crippen LogP contribution in [0, 0.1) is 0 Å². The van der Waals surface area contributed by atoms with Crippen LogP contribution in [0.5, 0.6) is 0 Å². The van der Waals surface area contributed by atoms with Crippen molar-refractivity contribution < 1.29 is 9.47 Å². The van der Waals surface area contributed by atoms with E-state index >= 15 is 0 Å². The minimum atomic E-state index is -0.645. The predicted molar refractivity (Wildman–Crippen MR) is 66.5 cm³/mol. The van der Waals surface area contributed by atoms with Crippen LogP contribution < -0.4 is 0 Å². The van der Waals surface area contributed by atoms with Crippen LogP contribution in [0.2, 0.25) is 0 Å². The fourth-order valence-corrected chi connectivity index (χ4v) is 1.67. The molecule has 1 unspecified atom stereocenters. The number of benzene rings is 1. The SMILES string of the molecule is CCC(C)c1ccc(C(C)(OC)OC)cc1. The van der Waals surface area contributed by atoms with Gasteiger partial charge in [0.2, 0.25) is 0 Å². The van der Waals surface area contributed by atoms with Crippen molar-refractivity contribution in [3.63, 3.8) is 0 Å². The quantitative estimate of drug-likeness (QED) is 0.708. The van der Waals surface area contributed by atoms with Crippen molar-refractivity contribution in [1.29, 1.82) is 0 Å². The van der Waals surface area contributed by atoms with Gasteiger partial charge in [-0.3, -0.25) is 0 Å². The Kier molecular flexibility index (Phi) is 4.51. The summed E-state index contributed by atoms with van der Waals surface area (Å²) in [6.45, 7) is 6.36. The van der Waals surface area contributed by atoms with E-state index in [0.717, 1.165) is 12.0 Å². The van der Waals surface area contributed by atoms with Gasteiger partial charge in [-0.05, 0) is 24.8 Å². The van der Waals surface area contributed by atoms with Gasteiger partial charge in [0.15, 0.2) is 5.79 Å². The van der Waals surface area contributed by atoms with Crippen LogP contribution in [0.15, 0.2) is 24.3 Å². The number of hydrogen-bond donors (Lipinski definition) is 0. The van der Waals surface area contributed by atoms with Crippen molar-refractivity contribution >= 4 is 0 Å². The first-order chi connectivity index (χ1) is 7.57. The molecule has 0 aliphatic rings. The summed E-state index contributed by atoms with van der Waals surface area (Å²) in [6, 6.07) is 8.46. The zero-order valence-electron chi connectivity index (χ0n) is 10.9. The smallest absolute Gasteiger partial charge is 0.191 e. The molecule has 1 aromatic rings. The van der Waals surface area contributed by atoms with E-state index in [4.69, 9.17) is 9.47 Å². The van der Waals surface area contributed by atoms with Crippen LogP contribution in [0.25, 0.3) is 0 Å². The lowest BCUT2D eigenvalue weighted by Gasteiger charge is -2.27. The summed E-state index contributed by atoms with van der Waals surface area (Å²) >= 11 is 0. The maximum Gasteiger partial charge on any atom is 0.191 e. The van der Waals surface area contributed by atoms with E-state index in [1.807, 2.05) is 6.92 Å². The Morgan fingerprint density at radius 2 is 1.62 bits per heavy atom. The zero-order chi connectivity index (χ0) is 12.2. The zero-order valence-corrected chi connectivity index (χ0v) is 10.9. The molecule has 1 rings (SSSR count). The molecule has 0 aliphatic carbocycles. The Hall–Kier alpha value is -0.860. The number of methoxy groups -OCH3 is 2. The minimum Gasteiger partial charge on any atom is -0.349 e. The van der Waals surface area contributed by atoms with Gasteiger partial charge < -0.3 is 9.47 Å². The van der Waals surface area contributed by atoms with Gasteiger partial charge in [0, 0.05) is 19.8 Å². The van der Waals surface area contributed by atoms with E-state index in [1.54, 1.807) is 14.2 Å². The normalized spacial score (nSPS) is 13.8. The van der Waals surface area contributed by atoms with Gasteiger partial charge in [-0.25, -0.2) is 0 Å². The van der Waals surface area contributed by atoms with E-state index in [-0.39, 0.29) is 0 Å². The van der Waals surface area contributed by atoms with Crippen LogP contribution in [0.1, 0.15) is 44.2 Å². The number of hydrogen-bond acceptors (Lipinski definition) is 2. The molecule has 2 heteroatoms. The Morgan fingerprint density at radius 3 is 2.00 bits per heavy atom. The third-order valence-corrected chi connectivity index (χ3v) is 3.40. The average molecular weight is 222 g/mol. The van der Waals surface area contributed by atoms with Crippen molar-refractivity contribution in [2.75, 3.05) is 14.2 Å². The Labute approximate surface area is 98.6 Å². The molecule has 1 atom stereocenters. The van der Waals surface area contributed by atoms with Gasteiger partial charge in [0.05, 0.1) is 0 Å². The summed E-state index contributed by atoms with van der Waals surface area (Å²) in [5.74, 6) is -0.0426. The van der Waals surface area contributed by atoms with Gasteiger partial charge in [-0.2, -0.15) is 0 Å². The van der Waals surface area contributed by atoms with E-state index < -0.39 is 5.79 Å². The monoisotopic (exact) mass is 222 g/mol. The van der Waals surface area contributed by atoms with E-state index in [9.17, 15) is 0 Å². The summed E-state index contributed by atoms with van der Waals surface area (Å²) < 4.78 is 10.8. The maximum absolute atomic E-state index is 5.38. The largest absolute Gasteiger partial charge is 0.349 e. The van der Waals surface area contributed by atoms with Crippen LogP contribution in [-0.2, 0) is 15.3 Å². The molecule has 16 heavy (non-hydrogen) atoms. The highest BCUT2D eigenvalue weighted by atomic mass is 16.7. The minimum absolute atomic E-state index is 0.602. The highest BCUT2D eigenvalue weighted by Crippen LogP contribution is 2.27. The predicted octanol–water partition coefficient (Wildman–Crippen LogP) is 3.67. The Balaban J connectivity index is 2.94. The molecule has 1 aromatic carbocycles. The van der Waals surface area contributed by atoms with Gasteiger partial charge >= 0.3 is 0 Å². The van der Waals surface area contributed by atoms with Crippen molar-refractivity contribution in [1.82, 2.24) is 0 Å². The molecule has 0 aliphatic heterocycles. The lowest BCUT2D eigenvalue weighted by Crippen LogP contribution is -2.26. The van der Waals surface area contributed by atoms with Gasteiger partial charge in [-0.15, -0.1) is 0 Å². The van der Waals surface area contributed by atoms with E-state index in [0.29, 0.717) is 5.92 Å². The van der Waals surface area contributed by atoms with Crippen LogP contribution in [0.3, 0.4) is 0 Å². The Morgan fingerprint density at radius 1 is 1.12 bits per heavy atom. The standard InChI is InChI=1S/C14H22O2/c1-6-11(2)12-7-9-13(10-8-12)14(3,15-4)16-5/h7-11H,6H2,1-5H3. The highest BCUT2D eigenvalue weighted by Gasteiger charge is 2.25. The molecule has 0 spiro atoms.